The van der Waals surface area contributed by atoms with Crippen LogP contribution < -0.4 is 15.5 Å². The van der Waals surface area contributed by atoms with Crippen LogP contribution >= 0.6 is 12.4 Å². The standard InChI is InChI=1S/C16H23N3O.ClH/c1-19(2)15-5-3-4-11(8-15)16(20)18-14-9-12-6-7-13(10-14)17-12;/h3-5,8,12-14,17H,6-7,9-10H2,1-2H3,(H,18,20);1H. The summed E-state index contributed by atoms with van der Waals surface area (Å²) in [6.07, 6.45) is 4.64. The Hall–Kier alpha value is -1.26. The molecule has 2 atom stereocenters. The fourth-order valence-corrected chi connectivity index (χ4v) is 3.37. The van der Waals surface area contributed by atoms with Crippen LogP contribution in [0.4, 0.5) is 5.69 Å². The summed E-state index contributed by atoms with van der Waals surface area (Å²) in [6.45, 7) is 0. The molecule has 1 aromatic carbocycles. The number of carbonyl (C=O) groups excluding carboxylic acids is 1. The first-order chi connectivity index (χ1) is 9.61. The van der Waals surface area contributed by atoms with E-state index in [1.54, 1.807) is 0 Å². The van der Waals surface area contributed by atoms with E-state index < -0.39 is 0 Å². The van der Waals surface area contributed by atoms with Crippen LogP contribution in [-0.4, -0.2) is 38.1 Å². The second-order valence-electron chi connectivity index (χ2n) is 6.22. The molecule has 2 bridgehead atoms. The van der Waals surface area contributed by atoms with Crippen molar-refractivity contribution in [1.82, 2.24) is 10.6 Å². The zero-order chi connectivity index (χ0) is 14.1. The lowest BCUT2D eigenvalue weighted by molar-refractivity contribution is 0.0924. The van der Waals surface area contributed by atoms with Gasteiger partial charge in [0.2, 0.25) is 0 Å². The van der Waals surface area contributed by atoms with E-state index in [1.165, 1.54) is 12.8 Å². The molecule has 0 saturated carbocycles. The number of rotatable bonds is 3. The summed E-state index contributed by atoms with van der Waals surface area (Å²) in [5.41, 5.74) is 1.81. The van der Waals surface area contributed by atoms with E-state index in [4.69, 9.17) is 0 Å². The first-order valence-electron chi connectivity index (χ1n) is 7.46. The Morgan fingerprint density at radius 2 is 1.90 bits per heavy atom. The molecule has 2 saturated heterocycles. The van der Waals surface area contributed by atoms with E-state index in [2.05, 4.69) is 10.6 Å². The minimum atomic E-state index is 0. The lowest BCUT2D eigenvalue weighted by Crippen LogP contribution is -2.48. The van der Waals surface area contributed by atoms with Gasteiger partial charge in [0.25, 0.3) is 5.91 Å². The van der Waals surface area contributed by atoms with Crippen molar-refractivity contribution in [3.8, 4) is 0 Å². The average Bonchev–Trinajstić information content (AvgIpc) is 2.78. The Morgan fingerprint density at radius 3 is 2.52 bits per heavy atom. The smallest absolute Gasteiger partial charge is 0.251 e. The summed E-state index contributed by atoms with van der Waals surface area (Å²) in [5.74, 6) is 0.0556. The van der Waals surface area contributed by atoms with Gasteiger partial charge in [0.15, 0.2) is 0 Å². The third kappa shape index (κ3) is 3.69. The van der Waals surface area contributed by atoms with E-state index in [0.29, 0.717) is 18.1 Å². The molecule has 2 heterocycles. The number of piperidine rings is 1. The Balaban J connectivity index is 0.00000161. The maximum absolute atomic E-state index is 12.4. The van der Waals surface area contributed by atoms with Gasteiger partial charge in [-0.1, -0.05) is 6.07 Å². The summed E-state index contributed by atoms with van der Waals surface area (Å²) in [5, 5.41) is 6.80. The highest BCUT2D eigenvalue weighted by Gasteiger charge is 2.34. The fourth-order valence-electron chi connectivity index (χ4n) is 3.37. The number of hydrogen-bond donors (Lipinski definition) is 2. The lowest BCUT2D eigenvalue weighted by Gasteiger charge is -2.29. The SMILES string of the molecule is CN(C)c1cccc(C(=O)NC2CC3CCC(C2)N3)c1.Cl. The topological polar surface area (TPSA) is 44.4 Å². The molecule has 21 heavy (non-hydrogen) atoms. The van der Waals surface area contributed by atoms with Crippen LogP contribution in [0, 0.1) is 0 Å². The van der Waals surface area contributed by atoms with E-state index in [-0.39, 0.29) is 18.3 Å². The highest BCUT2D eigenvalue weighted by atomic mass is 35.5. The minimum absolute atomic E-state index is 0. The first kappa shape index (κ1) is 16.1. The largest absolute Gasteiger partial charge is 0.378 e. The summed E-state index contributed by atoms with van der Waals surface area (Å²) < 4.78 is 0. The highest BCUT2D eigenvalue weighted by molar-refractivity contribution is 5.95. The van der Waals surface area contributed by atoms with Gasteiger partial charge in [0, 0.05) is 43.5 Å². The molecule has 0 aromatic heterocycles. The van der Waals surface area contributed by atoms with E-state index >= 15 is 0 Å². The van der Waals surface area contributed by atoms with Crippen LogP contribution in [0.25, 0.3) is 0 Å². The number of amides is 1. The van der Waals surface area contributed by atoms with E-state index in [0.717, 1.165) is 24.1 Å². The fraction of sp³-hybridized carbons (Fsp3) is 0.562. The van der Waals surface area contributed by atoms with Gasteiger partial charge in [-0.3, -0.25) is 4.79 Å². The second kappa shape index (κ2) is 6.67. The van der Waals surface area contributed by atoms with Gasteiger partial charge in [-0.25, -0.2) is 0 Å². The van der Waals surface area contributed by atoms with Gasteiger partial charge >= 0.3 is 0 Å². The quantitative estimate of drug-likeness (QED) is 0.899. The molecule has 2 fully saturated rings. The minimum Gasteiger partial charge on any atom is -0.378 e. The number of carbonyl (C=O) groups is 1. The first-order valence-corrected chi connectivity index (χ1v) is 7.46. The van der Waals surface area contributed by atoms with Crippen LogP contribution in [0.5, 0.6) is 0 Å². The molecule has 0 spiro atoms. The van der Waals surface area contributed by atoms with Crippen molar-refractivity contribution in [2.45, 2.75) is 43.8 Å². The van der Waals surface area contributed by atoms with E-state index in [1.807, 2.05) is 43.3 Å². The Labute approximate surface area is 132 Å². The number of fused-ring (bicyclic) bond motifs is 2. The molecule has 0 radical (unpaired) electrons. The molecule has 5 heteroatoms. The molecule has 2 N–H and O–H groups in total. The van der Waals surface area contributed by atoms with Gasteiger partial charge in [0.1, 0.15) is 0 Å². The zero-order valence-electron chi connectivity index (χ0n) is 12.6. The molecule has 2 unspecified atom stereocenters. The zero-order valence-corrected chi connectivity index (χ0v) is 13.5. The van der Waals surface area contributed by atoms with Crippen LogP contribution in [0.15, 0.2) is 24.3 Å². The van der Waals surface area contributed by atoms with Gasteiger partial charge in [-0.05, 0) is 43.9 Å². The predicted molar refractivity (Wildman–Crippen MR) is 88.5 cm³/mol. The molecule has 3 rings (SSSR count). The Bertz CT molecular complexity index is 494. The molecular weight excluding hydrogens is 286 g/mol. The van der Waals surface area contributed by atoms with Crippen LogP contribution in [0.1, 0.15) is 36.0 Å². The predicted octanol–water partition coefficient (Wildman–Crippen LogP) is 2.19. The van der Waals surface area contributed by atoms with Crippen molar-refractivity contribution in [2.75, 3.05) is 19.0 Å². The van der Waals surface area contributed by atoms with Crippen molar-refractivity contribution in [2.24, 2.45) is 0 Å². The second-order valence-corrected chi connectivity index (χ2v) is 6.22. The number of halogens is 1. The Kier molecular flexibility index (Phi) is 5.12. The Morgan fingerprint density at radius 1 is 1.24 bits per heavy atom. The molecule has 2 aliphatic rings. The van der Waals surface area contributed by atoms with Crippen molar-refractivity contribution in [3.63, 3.8) is 0 Å². The van der Waals surface area contributed by atoms with Crippen molar-refractivity contribution in [3.05, 3.63) is 29.8 Å². The number of nitrogens with one attached hydrogen (secondary N) is 2. The molecule has 4 nitrogen and oxygen atoms in total. The van der Waals surface area contributed by atoms with Crippen LogP contribution in [-0.2, 0) is 0 Å². The summed E-state index contributed by atoms with van der Waals surface area (Å²) >= 11 is 0. The molecule has 1 aromatic rings. The van der Waals surface area contributed by atoms with Crippen molar-refractivity contribution >= 4 is 24.0 Å². The van der Waals surface area contributed by atoms with Crippen molar-refractivity contribution < 1.29 is 4.79 Å². The third-order valence-corrected chi connectivity index (χ3v) is 4.43. The molecule has 116 valence electrons. The lowest BCUT2D eigenvalue weighted by atomic mass is 9.99. The molecular formula is C16H24ClN3O. The maximum Gasteiger partial charge on any atom is 0.251 e. The number of anilines is 1. The van der Waals surface area contributed by atoms with E-state index in [9.17, 15) is 4.79 Å². The summed E-state index contributed by atoms with van der Waals surface area (Å²) in [6, 6.07) is 9.32. The monoisotopic (exact) mass is 309 g/mol. The highest BCUT2D eigenvalue weighted by Crippen LogP contribution is 2.27. The van der Waals surface area contributed by atoms with Gasteiger partial charge in [0.05, 0.1) is 0 Å². The number of benzene rings is 1. The summed E-state index contributed by atoms with van der Waals surface area (Å²) in [4.78, 5) is 14.4. The number of hydrogen-bond acceptors (Lipinski definition) is 3. The van der Waals surface area contributed by atoms with Crippen LogP contribution in [0.2, 0.25) is 0 Å². The maximum atomic E-state index is 12.4. The number of nitrogens with zero attached hydrogens (tertiary/aromatic N) is 1. The van der Waals surface area contributed by atoms with Crippen molar-refractivity contribution in [1.29, 1.82) is 0 Å². The van der Waals surface area contributed by atoms with Gasteiger partial charge < -0.3 is 15.5 Å². The third-order valence-electron chi connectivity index (χ3n) is 4.43. The van der Waals surface area contributed by atoms with Gasteiger partial charge in [-0.15, -0.1) is 12.4 Å². The molecule has 1 amide bonds. The summed E-state index contributed by atoms with van der Waals surface area (Å²) in [7, 11) is 3.98. The average molecular weight is 310 g/mol. The molecule has 0 aliphatic carbocycles. The van der Waals surface area contributed by atoms with Crippen LogP contribution in [0.3, 0.4) is 0 Å². The van der Waals surface area contributed by atoms with Gasteiger partial charge in [-0.2, -0.15) is 0 Å². The molecule has 2 aliphatic heterocycles. The normalized spacial score (nSPS) is 26.9.